The monoisotopic (exact) mass is 404 g/mol. The number of nitrogens with one attached hydrogen (secondary N) is 2. The van der Waals surface area contributed by atoms with Gasteiger partial charge in [0.25, 0.3) is 0 Å². The van der Waals surface area contributed by atoms with Crippen molar-refractivity contribution in [3.05, 3.63) is 83.8 Å². The molecule has 30 heavy (non-hydrogen) atoms. The lowest BCUT2D eigenvalue weighted by Crippen LogP contribution is -2.42. The fourth-order valence-corrected chi connectivity index (χ4v) is 3.78. The molecule has 0 fully saturated rings. The molecule has 0 radical (unpaired) electrons. The van der Waals surface area contributed by atoms with E-state index in [-0.39, 0.29) is 24.6 Å². The summed E-state index contributed by atoms with van der Waals surface area (Å²) in [5.41, 5.74) is 2.61. The minimum atomic E-state index is -1.08. The highest BCUT2D eigenvalue weighted by Crippen LogP contribution is 2.23. The first kappa shape index (κ1) is 19.6. The van der Waals surface area contributed by atoms with Crippen molar-refractivity contribution < 1.29 is 19.1 Å². The summed E-state index contributed by atoms with van der Waals surface area (Å²) in [6.07, 6.45) is 2.47. The number of fused-ring (bicyclic) bond motifs is 2. The average Bonchev–Trinajstić information content (AvgIpc) is 3.16. The number of benzene rings is 3. The minimum Gasteiger partial charge on any atom is -0.480 e. The molecule has 3 N–H and O–H groups in total. The highest BCUT2D eigenvalue weighted by Gasteiger charge is 2.22. The van der Waals surface area contributed by atoms with Crippen LogP contribution in [0.25, 0.3) is 21.7 Å². The number of H-pyrrole nitrogens is 1. The quantitative estimate of drug-likeness (QED) is 0.432. The van der Waals surface area contributed by atoms with Crippen LogP contribution in [0.5, 0.6) is 0 Å². The van der Waals surface area contributed by atoms with Crippen molar-refractivity contribution in [2.45, 2.75) is 25.3 Å². The number of aromatic amines is 1. The Kier molecular flexibility index (Phi) is 5.48. The van der Waals surface area contributed by atoms with Crippen LogP contribution in [-0.2, 0) is 22.4 Å². The van der Waals surface area contributed by atoms with Gasteiger partial charge in [-0.2, -0.15) is 0 Å². The third kappa shape index (κ3) is 4.03. The number of carboxylic acids is 1. The molecular weight excluding hydrogens is 383 g/mol. The van der Waals surface area contributed by atoms with E-state index in [4.69, 9.17) is 0 Å². The zero-order chi connectivity index (χ0) is 21.1. The Labute approximate surface area is 172 Å². The van der Waals surface area contributed by atoms with Crippen molar-refractivity contribution in [3.8, 4) is 0 Å². The summed E-state index contributed by atoms with van der Waals surface area (Å²) in [6, 6.07) is 16.8. The van der Waals surface area contributed by atoms with E-state index >= 15 is 0 Å². The lowest BCUT2D eigenvalue weighted by atomic mass is 10.00. The van der Waals surface area contributed by atoms with Gasteiger partial charge in [0, 0.05) is 35.3 Å². The molecule has 1 amide bonds. The first-order valence-electron chi connectivity index (χ1n) is 9.76. The van der Waals surface area contributed by atoms with Gasteiger partial charge < -0.3 is 15.4 Å². The molecule has 6 heteroatoms. The smallest absolute Gasteiger partial charge is 0.326 e. The molecule has 0 aliphatic rings. The van der Waals surface area contributed by atoms with Crippen LogP contribution in [0.4, 0.5) is 4.39 Å². The minimum absolute atomic E-state index is 0.118. The molecular formula is C24H21FN2O3. The van der Waals surface area contributed by atoms with Crippen molar-refractivity contribution >= 4 is 33.6 Å². The molecule has 0 aliphatic heterocycles. The van der Waals surface area contributed by atoms with Gasteiger partial charge in [-0.25, -0.2) is 9.18 Å². The Balaban J connectivity index is 1.44. The van der Waals surface area contributed by atoms with Crippen LogP contribution < -0.4 is 5.32 Å². The first-order valence-corrected chi connectivity index (χ1v) is 9.76. The van der Waals surface area contributed by atoms with Crippen molar-refractivity contribution in [1.29, 1.82) is 0 Å². The number of carbonyl (C=O) groups excluding carboxylic acids is 1. The molecule has 0 saturated heterocycles. The number of aryl methyl sites for hydroxylation is 1. The molecule has 0 aliphatic carbocycles. The van der Waals surface area contributed by atoms with E-state index in [9.17, 15) is 19.1 Å². The van der Waals surface area contributed by atoms with Crippen molar-refractivity contribution in [2.24, 2.45) is 0 Å². The Morgan fingerprint density at radius 1 is 0.933 bits per heavy atom. The third-order valence-electron chi connectivity index (χ3n) is 5.31. The van der Waals surface area contributed by atoms with Gasteiger partial charge in [-0.1, -0.05) is 48.5 Å². The summed E-state index contributed by atoms with van der Waals surface area (Å²) in [5, 5.41) is 14.4. The largest absolute Gasteiger partial charge is 0.480 e. The average molecular weight is 404 g/mol. The van der Waals surface area contributed by atoms with Crippen LogP contribution in [0.2, 0.25) is 0 Å². The lowest BCUT2D eigenvalue weighted by molar-refractivity contribution is -0.141. The Hall–Kier alpha value is -3.67. The van der Waals surface area contributed by atoms with Crippen molar-refractivity contribution in [3.63, 3.8) is 0 Å². The Morgan fingerprint density at radius 2 is 1.63 bits per heavy atom. The molecule has 0 spiro atoms. The van der Waals surface area contributed by atoms with Gasteiger partial charge in [0.05, 0.1) is 0 Å². The highest BCUT2D eigenvalue weighted by molar-refractivity contribution is 5.88. The molecule has 5 nitrogen and oxygen atoms in total. The van der Waals surface area contributed by atoms with Gasteiger partial charge in [-0.15, -0.1) is 0 Å². The van der Waals surface area contributed by atoms with Gasteiger partial charge in [0.1, 0.15) is 11.9 Å². The van der Waals surface area contributed by atoms with E-state index in [0.717, 1.165) is 27.4 Å². The molecule has 4 aromatic rings. The molecule has 0 saturated carbocycles. The SMILES string of the molecule is O=C(CCc1ccc(F)c2ccccc12)N[C@@H](Cc1c[nH]c2ccccc12)C(=O)O. The maximum atomic E-state index is 14.0. The molecule has 0 unspecified atom stereocenters. The normalized spacial score (nSPS) is 12.2. The third-order valence-corrected chi connectivity index (χ3v) is 5.31. The topological polar surface area (TPSA) is 82.2 Å². The second-order valence-corrected chi connectivity index (χ2v) is 7.27. The highest BCUT2D eigenvalue weighted by atomic mass is 19.1. The maximum absolute atomic E-state index is 14.0. The predicted molar refractivity (Wildman–Crippen MR) is 114 cm³/mol. The fraction of sp³-hybridized carbons (Fsp3) is 0.167. The Morgan fingerprint density at radius 3 is 2.40 bits per heavy atom. The lowest BCUT2D eigenvalue weighted by Gasteiger charge is -2.15. The molecule has 1 atom stereocenters. The number of para-hydroxylation sites is 1. The molecule has 152 valence electrons. The van der Waals surface area contributed by atoms with Crippen LogP contribution in [0.15, 0.2) is 66.9 Å². The van der Waals surface area contributed by atoms with E-state index in [1.165, 1.54) is 6.07 Å². The first-order chi connectivity index (χ1) is 14.5. The number of rotatable bonds is 7. The van der Waals surface area contributed by atoms with Gasteiger partial charge in [0.2, 0.25) is 5.91 Å². The van der Waals surface area contributed by atoms with Crippen LogP contribution in [0, 0.1) is 5.82 Å². The number of carboxylic acid groups (broad SMARTS) is 1. The zero-order valence-corrected chi connectivity index (χ0v) is 16.2. The number of hydrogen-bond donors (Lipinski definition) is 3. The van der Waals surface area contributed by atoms with Crippen molar-refractivity contribution in [2.75, 3.05) is 0 Å². The predicted octanol–water partition coefficient (Wildman–Crippen LogP) is 4.20. The number of aliphatic carboxylic acids is 1. The molecule has 1 heterocycles. The van der Waals surface area contributed by atoms with Gasteiger partial charge in [0.15, 0.2) is 0 Å². The summed E-state index contributed by atoms with van der Waals surface area (Å²) in [4.78, 5) is 27.3. The van der Waals surface area contributed by atoms with E-state index in [1.807, 2.05) is 36.4 Å². The summed E-state index contributed by atoms with van der Waals surface area (Å²) < 4.78 is 14.0. The fourth-order valence-electron chi connectivity index (χ4n) is 3.78. The molecule has 0 bridgehead atoms. The van der Waals surface area contributed by atoms with Crippen LogP contribution in [-0.4, -0.2) is 28.0 Å². The summed E-state index contributed by atoms with van der Waals surface area (Å²) in [6.45, 7) is 0. The second-order valence-electron chi connectivity index (χ2n) is 7.27. The standard InChI is InChI=1S/C24H21FN2O3/c25-20-11-9-15(17-5-1-2-7-19(17)20)10-12-23(28)27-22(24(29)30)13-16-14-26-21-8-4-3-6-18(16)21/h1-9,11,14,22,26H,10,12-13H2,(H,27,28)(H,29,30)/t22-/m0/s1. The number of hydrogen-bond acceptors (Lipinski definition) is 2. The second kappa shape index (κ2) is 8.37. The van der Waals surface area contributed by atoms with Crippen LogP contribution in [0.1, 0.15) is 17.5 Å². The zero-order valence-electron chi connectivity index (χ0n) is 16.2. The van der Waals surface area contributed by atoms with Crippen LogP contribution >= 0.6 is 0 Å². The number of halogens is 1. The summed E-state index contributed by atoms with van der Waals surface area (Å²) in [7, 11) is 0. The van der Waals surface area contributed by atoms with Crippen molar-refractivity contribution in [1.82, 2.24) is 10.3 Å². The molecule has 1 aromatic heterocycles. The molecule has 3 aromatic carbocycles. The van der Waals surface area contributed by atoms with E-state index in [2.05, 4.69) is 10.3 Å². The van der Waals surface area contributed by atoms with Gasteiger partial charge >= 0.3 is 5.97 Å². The molecule has 4 rings (SSSR count). The maximum Gasteiger partial charge on any atom is 0.326 e. The summed E-state index contributed by atoms with van der Waals surface area (Å²) >= 11 is 0. The van der Waals surface area contributed by atoms with E-state index < -0.39 is 12.0 Å². The summed E-state index contributed by atoms with van der Waals surface area (Å²) in [5.74, 6) is -1.74. The van der Waals surface area contributed by atoms with E-state index in [1.54, 1.807) is 24.4 Å². The number of carbonyl (C=O) groups is 2. The van der Waals surface area contributed by atoms with E-state index in [0.29, 0.717) is 11.8 Å². The number of aromatic nitrogens is 1. The number of amides is 1. The van der Waals surface area contributed by atoms with Gasteiger partial charge in [-0.05, 0) is 35.1 Å². The van der Waals surface area contributed by atoms with Crippen LogP contribution in [0.3, 0.4) is 0 Å². The Bertz CT molecular complexity index is 1230. The van der Waals surface area contributed by atoms with Gasteiger partial charge in [-0.3, -0.25) is 4.79 Å².